The Hall–Kier alpha value is -3.00. The van der Waals surface area contributed by atoms with Crippen molar-refractivity contribution in [2.24, 2.45) is 0 Å². The topological polar surface area (TPSA) is 76.4 Å². The van der Waals surface area contributed by atoms with Gasteiger partial charge >= 0.3 is 0 Å². The molecule has 1 aliphatic heterocycles. The zero-order valence-electron chi connectivity index (χ0n) is 17.8. The van der Waals surface area contributed by atoms with Crippen LogP contribution in [0.25, 0.3) is 16.7 Å². The molecule has 8 nitrogen and oxygen atoms in total. The van der Waals surface area contributed by atoms with E-state index < -0.39 is 0 Å². The summed E-state index contributed by atoms with van der Waals surface area (Å²) in [5.41, 5.74) is 2.73. The van der Waals surface area contributed by atoms with Gasteiger partial charge in [-0.1, -0.05) is 25.1 Å². The van der Waals surface area contributed by atoms with E-state index >= 15 is 0 Å². The van der Waals surface area contributed by atoms with Gasteiger partial charge in [0.1, 0.15) is 18.2 Å². The van der Waals surface area contributed by atoms with Gasteiger partial charge in [-0.3, -0.25) is 4.79 Å². The summed E-state index contributed by atoms with van der Waals surface area (Å²) in [7, 11) is 1.55. The number of fused-ring (bicyclic) bond motifs is 1. The first-order valence-corrected chi connectivity index (χ1v) is 10.5. The highest BCUT2D eigenvalue weighted by molar-refractivity contribution is 5.91. The van der Waals surface area contributed by atoms with Crippen LogP contribution in [0.5, 0.6) is 0 Å². The second-order valence-electron chi connectivity index (χ2n) is 7.55. The van der Waals surface area contributed by atoms with Gasteiger partial charge in [0.25, 0.3) is 0 Å². The minimum absolute atomic E-state index is 0.0322. The molecule has 0 atom stereocenters. The van der Waals surface area contributed by atoms with Crippen LogP contribution in [0, 0.1) is 6.92 Å². The third-order valence-electron chi connectivity index (χ3n) is 5.40. The van der Waals surface area contributed by atoms with Crippen LogP contribution in [-0.2, 0) is 16.0 Å². The minimum Gasteiger partial charge on any atom is -0.375 e. The molecule has 0 N–H and O–H groups in total. The van der Waals surface area contributed by atoms with Crippen LogP contribution in [0.15, 0.2) is 30.3 Å². The number of para-hydroxylation sites is 1. The Morgan fingerprint density at radius 1 is 1.10 bits per heavy atom. The molecular weight excluding hydrogens is 380 g/mol. The maximum absolute atomic E-state index is 12.2. The Bertz CT molecular complexity index is 1030. The summed E-state index contributed by atoms with van der Waals surface area (Å²) in [6.45, 7) is 7.03. The van der Waals surface area contributed by atoms with Gasteiger partial charge in [-0.25, -0.2) is 14.6 Å². The standard InChI is InChI=1S/C22H28N6O2/c1-4-8-18-23-21(27-13-11-26(12-14-27)19(29)15-30-3)20-16(2)25-28(22(20)24-18)17-9-6-5-7-10-17/h5-7,9-10H,4,8,11-15H2,1-3H3. The quantitative estimate of drug-likeness (QED) is 0.623. The number of carbonyl (C=O) groups is 1. The molecule has 1 aromatic carbocycles. The van der Waals surface area contributed by atoms with Crippen molar-refractivity contribution in [3.05, 3.63) is 41.9 Å². The normalized spacial score (nSPS) is 14.5. The molecule has 0 radical (unpaired) electrons. The van der Waals surface area contributed by atoms with E-state index in [4.69, 9.17) is 19.8 Å². The number of piperazine rings is 1. The molecule has 0 saturated carbocycles. The van der Waals surface area contributed by atoms with Crippen LogP contribution in [0.1, 0.15) is 24.9 Å². The van der Waals surface area contributed by atoms with Crippen molar-refractivity contribution in [3.8, 4) is 5.69 Å². The van der Waals surface area contributed by atoms with Crippen molar-refractivity contribution in [1.82, 2.24) is 24.6 Å². The Kier molecular flexibility index (Phi) is 5.94. The zero-order chi connectivity index (χ0) is 21.1. The number of amides is 1. The van der Waals surface area contributed by atoms with Crippen LogP contribution < -0.4 is 4.90 Å². The molecule has 0 aliphatic carbocycles. The predicted molar refractivity (Wildman–Crippen MR) is 116 cm³/mol. The molecule has 8 heteroatoms. The number of nitrogens with zero attached hydrogens (tertiary/aromatic N) is 6. The maximum Gasteiger partial charge on any atom is 0.248 e. The lowest BCUT2D eigenvalue weighted by atomic mass is 10.2. The lowest BCUT2D eigenvalue weighted by Crippen LogP contribution is -2.50. The molecular formula is C22H28N6O2. The highest BCUT2D eigenvalue weighted by Gasteiger charge is 2.26. The Balaban J connectivity index is 1.73. The fourth-order valence-electron chi connectivity index (χ4n) is 3.90. The monoisotopic (exact) mass is 408 g/mol. The average molecular weight is 409 g/mol. The van der Waals surface area contributed by atoms with Gasteiger partial charge in [0.15, 0.2) is 5.65 Å². The number of hydrogen-bond donors (Lipinski definition) is 0. The van der Waals surface area contributed by atoms with Crippen molar-refractivity contribution in [3.63, 3.8) is 0 Å². The van der Waals surface area contributed by atoms with Crippen molar-refractivity contribution < 1.29 is 9.53 Å². The smallest absolute Gasteiger partial charge is 0.248 e. The fraction of sp³-hybridized carbons (Fsp3) is 0.455. The largest absolute Gasteiger partial charge is 0.375 e. The number of rotatable bonds is 6. The number of anilines is 1. The van der Waals surface area contributed by atoms with Gasteiger partial charge in [-0.2, -0.15) is 5.10 Å². The SMILES string of the molecule is CCCc1nc(N2CCN(C(=O)COC)CC2)c2c(C)nn(-c3ccccc3)c2n1. The molecule has 4 rings (SSSR count). The van der Waals surface area contributed by atoms with Crippen LogP contribution in [-0.4, -0.2) is 70.5 Å². The Morgan fingerprint density at radius 3 is 2.50 bits per heavy atom. The summed E-state index contributed by atoms with van der Waals surface area (Å²) in [5.74, 6) is 1.78. The minimum atomic E-state index is 0.0322. The van der Waals surface area contributed by atoms with E-state index in [0.29, 0.717) is 13.1 Å². The second-order valence-corrected chi connectivity index (χ2v) is 7.55. The number of benzene rings is 1. The van der Waals surface area contributed by atoms with E-state index in [1.54, 1.807) is 7.11 Å². The summed E-state index contributed by atoms with van der Waals surface area (Å²) in [4.78, 5) is 26.0. The van der Waals surface area contributed by atoms with Crippen molar-refractivity contribution in [2.75, 3.05) is 44.8 Å². The Morgan fingerprint density at radius 2 is 1.83 bits per heavy atom. The first-order valence-electron chi connectivity index (χ1n) is 10.5. The van der Waals surface area contributed by atoms with E-state index in [1.807, 2.05) is 46.8 Å². The lowest BCUT2D eigenvalue weighted by molar-refractivity contribution is -0.135. The molecule has 1 amide bonds. The van der Waals surface area contributed by atoms with E-state index in [0.717, 1.165) is 60.0 Å². The molecule has 1 fully saturated rings. The summed E-state index contributed by atoms with van der Waals surface area (Å²) in [5, 5.41) is 5.77. The fourth-order valence-corrected chi connectivity index (χ4v) is 3.90. The van der Waals surface area contributed by atoms with Gasteiger partial charge in [-0.05, 0) is 25.5 Å². The first-order chi connectivity index (χ1) is 14.6. The molecule has 0 unspecified atom stereocenters. The summed E-state index contributed by atoms with van der Waals surface area (Å²) >= 11 is 0. The van der Waals surface area contributed by atoms with E-state index in [2.05, 4.69) is 11.8 Å². The van der Waals surface area contributed by atoms with E-state index in [-0.39, 0.29) is 12.5 Å². The van der Waals surface area contributed by atoms with Gasteiger partial charge < -0.3 is 14.5 Å². The molecule has 3 aromatic rings. The van der Waals surface area contributed by atoms with E-state index in [9.17, 15) is 4.79 Å². The van der Waals surface area contributed by atoms with Crippen LogP contribution >= 0.6 is 0 Å². The van der Waals surface area contributed by atoms with E-state index in [1.165, 1.54) is 0 Å². The van der Waals surface area contributed by atoms with Gasteiger partial charge in [0.2, 0.25) is 5.91 Å². The summed E-state index contributed by atoms with van der Waals surface area (Å²) < 4.78 is 6.90. The van der Waals surface area contributed by atoms with Crippen LogP contribution in [0.4, 0.5) is 5.82 Å². The number of aromatic nitrogens is 4. The van der Waals surface area contributed by atoms with Crippen molar-refractivity contribution >= 4 is 22.8 Å². The highest BCUT2D eigenvalue weighted by atomic mass is 16.5. The number of hydrogen-bond acceptors (Lipinski definition) is 6. The predicted octanol–water partition coefficient (Wildman–Crippen LogP) is 2.37. The molecule has 158 valence electrons. The molecule has 3 heterocycles. The zero-order valence-corrected chi connectivity index (χ0v) is 17.8. The third kappa shape index (κ3) is 3.87. The first kappa shape index (κ1) is 20.3. The number of aryl methyl sites for hydroxylation is 2. The third-order valence-corrected chi connectivity index (χ3v) is 5.40. The van der Waals surface area contributed by atoms with Crippen LogP contribution in [0.2, 0.25) is 0 Å². The van der Waals surface area contributed by atoms with Crippen molar-refractivity contribution in [1.29, 1.82) is 0 Å². The molecule has 0 spiro atoms. The molecule has 1 aliphatic rings. The Labute approximate surface area is 176 Å². The highest BCUT2D eigenvalue weighted by Crippen LogP contribution is 2.30. The number of methoxy groups -OCH3 is 1. The maximum atomic E-state index is 12.2. The van der Waals surface area contributed by atoms with Crippen molar-refractivity contribution in [2.45, 2.75) is 26.7 Å². The lowest BCUT2D eigenvalue weighted by Gasteiger charge is -2.35. The van der Waals surface area contributed by atoms with Crippen LogP contribution in [0.3, 0.4) is 0 Å². The second kappa shape index (κ2) is 8.79. The molecule has 0 bridgehead atoms. The summed E-state index contributed by atoms with van der Waals surface area (Å²) in [6, 6.07) is 10.1. The number of ether oxygens (including phenoxy) is 1. The molecule has 1 saturated heterocycles. The molecule has 2 aromatic heterocycles. The number of carbonyl (C=O) groups excluding carboxylic acids is 1. The average Bonchev–Trinajstić information content (AvgIpc) is 3.11. The van der Waals surface area contributed by atoms with Gasteiger partial charge in [0, 0.05) is 39.7 Å². The van der Waals surface area contributed by atoms with Gasteiger partial charge in [-0.15, -0.1) is 0 Å². The summed E-state index contributed by atoms with van der Waals surface area (Å²) in [6.07, 6.45) is 1.79. The van der Waals surface area contributed by atoms with Gasteiger partial charge in [0.05, 0.1) is 16.8 Å². The molecule has 30 heavy (non-hydrogen) atoms.